The van der Waals surface area contributed by atoms with E-state index in [1.165, 1.54) is 11.1 Å². The minimum Gasteiger partial charge on any atom is -0.493 e. The molecule has 1 unspecified atom stereocenters. The number of hydrogen-bond donors (Lipinski definition) is 1. The number of hydrogen-bond acceptors (Lipinski definition) is 3. The van der Waals surface area contributed by atoms with E-state index in [4.69, 9.17) is 4.74 Å². The zero-order valence-electron chi connectivity index (χ0n) is 12.7. The maximum atomic E-state index is 5.94. The number of fused-ring (bicyclic) bond motifs is 1. The summed E-state index contributed by atoms with van der Waals surface area (Å²) in [6, 6.07) is 12.9. The summed E-state index contributed by atoms with van der Waals surface area (Å²) in [4.78, 5) is 4.37. The van der Waals surface area contributed by atoms with Gasteiger partial charge in [0.1, 0.15) is 5.75 Å². The Hall–Kier alpha value is -1.87. The average Bonchev–Trinajstić information content (AvgIpc) is 2.53. The molecule has 1 aliphatic heterocycles. The fourth-order valence-electron chi connectivity index (χ4n) is 2.85. The van der Waals surface area contributed by atoms with Crippen LogP contribution < -0.4 is 10.1 Å². The zero-order valence-corrected chi connectivity index (χ0v) is 12.7. The van der Waals surface area contributed by atoms with E-state index in [-0.39, 0.29) is 0 Å². The van der Waals surface area contributed by atoms with Gasteiger partial charge in [-0.15, -0.1) is 0 Å². The van der Waals surface area contributed by atoms with Crippen LogP contribution in [0.5, 0.6) is 5.75 Å². The van der Waals surface area contributed by atoms with Crippen molar-refractivity contribution in [2.45, 2.75) is 38.8 Å². The van der Waals surface area contributed by atoms with Crippen LogP contribution in [0, 0.1) is 0 Å². The summed E-state index contributed by atoms with van der Waals surface area (Å²) in [5, 5.41) is 3.62. The van der Waals surface area contributed by atoms with E-state index in [1.807, 2.05) is 18.3 Å². The van der Waals surface area contributed by atoms with E-state index >= 15 is 0 Å². The Balaban J connectivity index is 1.79. The van der Waals surface area contributed by atoms with E-state index in [2.05, 4.69) is 48.4 Å². The van der Waals surface area contributed by atoms with Gasteiger partial charge in [0.25, 0.3) is 0 Å². The smallest absolute Gasteiger partial charge is 0.127 e. The van der Waals surface area contributed by atoms with Crippen LogP contribution in [0.4, 0.5) is 0 Å². The van der Waals surface area contributed by atoms with Crippen LogP contribution in [0.1, 0.15) is 49.0 Å². The molecule has 0 amide bonds. The van der Waals surface area contributed by atoms with Crippen molar-refractivity contribution in [3.63, 3.8) is 0 Å². The first-order chi connectivity index (χ1) is 10.3. The molecule has 1 N–H and O–H groups in total. The Morgan fingerprint density at radius 1 is 1.24 bits per heavy atom. The summed E-state index contributed by atoms with van der Waals surface area (Å²) in [7, 11) is 0. The van der Waals surface area contributed by atoms with Gasteiger partial charge in [-0.25, -0.2) is 0 Å². The van der Waals surface area contributed by atoms with Gasteiger partial charge in [0.2, 0.25) is 0 Å². The molecular formula is C18H22N2O. The average molecular weight is 282 g/mol. The predicted molar refractivity (Wildman–Crippen MR) is 84.5 cm³/mol. The Labute approximate surface area is 126 Å². The van der Waals surface area contributed by atoms with Crippen molar-refractivity contribution in [3.05, 3.63) is 59.4 Å². The number of nitrogens with one attached hydrogen (secondary N) is 1. The Morgan fingerprint density at radius 3 is 2.90 bits per heavy atom. The third kappa shape index (κ3) is 3.08. The molecular weight excluding hydrogens is 260 g/mol. The van der Waals surface area contributed by atoms with Crippen LogP contribution in [0.3, 0.4) is 0 Å². The molecule has 0 bridgehead atoms. The summed E-state index contributed by atoms with van der Waals surface area (Å²) in [6.07, 6.45) is 2.84. The van der Waals surface area contributed by atoms with Gasteiger partial charge in [0.15, 0.2) is 0 Å². The van der Waals surface area contributed by atoms with E-state index in [9.17, 15) is 0 Å². The summed E-state index contributed by atoms with van der Waals surface area (Å²) in [6.45, 7) is 5.99. The fourth-order valence-corrected chi connectivity index (χ4v) is 2.85. The molecule has 0 spiro atoms. The Kier molecular flexibility index (Phi) is 4.20. The second kappa shape index (κ2) is 6.27. The SMILES string of the molecule is CC(C)c1cccc2c1OCCC2NCc1ccccn1. The van der Waals surface area contributed by atoms with Gasteiger partial charge >= 0.3 is 0 Å². The van der Waals surface area contributed by atoms with Gasteiger partial charge in [0, 0.05) is 30.8 Å². The van der Waals surface area contributed by atoms with Crippen LogP contribution in [0.25, 0.3) is 0 Å². The molecule has 0 fully saturated rings. The number of pyridine rings is 1. The number of nitrogens with zero attached hydrogens (tertiary/aromatic N) is 1. The Morgan fingerprint density at radius 2 is 2.14 bits per heavy atom. The third-order valence-electron chi connectivity index (χ3n) is 3.98. The van der Waals surface area contributed by atoms with Gasteiger partial charge in [0.05, 0.1) is 12.3 Å². The fraction of sp³-hybridized carbons (Fsp3) is 0.389. The molecule has 1 aliphatic rings. The highest BCUT2D eigenvalue weighted by Crippen LogP contribution is 2.38. The van der Waals surface area contributed by atoms with Crippen molar-refractivity contribution in [2.24, 2.45) is 0 Å². The first-order valence-corrected chi connectivity index (χ1v) is 7.64. The van der Waals surface area contributed by atoms with Crippen molar-refractivity contribution < 1.29 is 4.74 Å². The second-order valence-electron chi connectivity index (χ2n) is 5.81. The standard InChI is InChI=1S/C18H22N2O/c1-13(2)15-7-5-8-16-17(9-11-21-18(15)16)20-12-14-6-3-4-10-19-14/h3-8,10,13,17,20H,9,11-12H2,1-2H3. The van der Waals surface area contributed by atoms with Crippen LogP contribution in [0.15, 0.2) is 42.6 Å². The van der Waals surface area contributed by atoms with Crippen LogP contribution >= 0.6 is 0 Å². The van der Waals surface area contributed by atoms with Crippen molar-refractivity contribution in [3.8, 4) is 5.75 Å². The minimum atomic E-state index is 0.342. The molecule has 2 aromatic rings. The molecule has 1 aromatic carbocycles. The highest BCUT2D eigenvalue weighted by molar-refractivity contribution is 5.46. The van der Waals surface area contributed by atoms with Crippen LogP contribution in [-0.4, -0.2) is 11.6 Å². The molecule has 3 rings (SSSR count). The van der Waals surface area contributed by atoms with Crippen molar-refractivity contribution in [2.75, 3.05) is 6.61 Å². The van der Waals surface area contributed by atoms with E-state index < -0.39 is 0 Å². The number of ether oxygens (including phenoxy) is 1. The number of para-hydroxylation sites is 1. The molecule has 3 nitrogen and oxygen atoms in total. The lowest BCUT2D eigenvalue weighted by molar-refractivity contribution is 0.248. The van der Waals surface area contributed by atoms with Crippen LogP contribution in [0.2, 0.25) is 0 Å². The van der Waals surface area contributed by atoms with E-state index in [1.54, 1.807) is 0 Å². The van der Waals surface area contributed by atoms with Crippen LogP contribution in [-0.2, 0) is 6.54 Å². The number of aromatic nitrogens is 1. The molecule has 0 saturated heterocycles. The highest BCUT2D eigenvalue weighted by Gasteiger charge is 2.24. The third-order valence-corrected chi connectivity index (χ3v) is 3.98. The molecule has 3 heteroatoms. The molecule has 0 saturated carbocycles. The monoisotopic (exact) mass is 282 g/mol. The van der Waals surface area contributed by atoms with Gasteiger partial charge < -0.3 is 10.1 Å². The normalized spacial score (nSPS) is 17.4. The lowest BCUT2D eigenvalue weighted by atomic mass is 9.93. The summed E-state index contributed by atoms with van der Waals surface area (Å²) >= 11 is 0. The maximum absolute atomic E-state index is 5.94. The molecule has 2 heterocycles. The molecule has 21 heavy (non-hydrogen) atoms. The molecule has 1 atom stereocenters. The summed E-state index contributed by atoms with van der Waals surface area (Å²) in [5.41, 5.74) is 3.66. The topological polar surface area (TPSA) is 34.1 Å². The van der Waals surface area contributed by atoms with Gasteiger partial charge in [-0.1, -0.05) is 38.1 Å². The number of rotatable bonds is 4. The van der Waals surface area contributed by atoms with Gasteiger partial charge in [-0.3, -0.25) is 4.98 Å². The minimum absolute atomic E-state index is 0.342. The van der Waals surface area contributed by atoms with Crippen molar-refractivity contribution in [1.29, 1.82) is 0 Å². The molecule has 1 aromatic heterocycles. The predicted octanol–water partition coefficient (Wildman–Crippen LogP) is 3.82. The largest absolute Gasteiger partial charge is 0.493 e. The number of benzene rings is 1. The second-order valence-corrected chi connectivity index (χ2v) is 5.81. The first-order valence-electron chi connectivity index (χ1n) is 7.64. The molecule has 0 radical (unpaired) electrons. The van der Waals surface area contributed by atoms with E-state index in [0.717, 1.165) is 31.0 Å². The lowest BCUT2D eigenvalue weighted by Gasteiger charge is -2.29. The summed E-state index contributed by atoms with van der Waals surface area (Å²) in [5.74, 6) is 1.56. The van der Waals surface area contributed by atoms with E-state index in [0.29, 0.717) is 12.0 Å². The molecule has 110 valence electrons. The molecule has 0 aliphatic carbocycles. The quantitative estimate of drug-likeness (QED) is 0.925. The lowest BCUT2D eigenvalue weighted by Crippen LogP contribution is -2.27. The van der Waals surface area contributed by atoms with Crippen molar-refractivity contribution >= 4 is 0 Å². The maximum Gasteiger partial charge on any atom is 0.127 e. The first kappa shape index (κ1) is 14.1. The summed E-state index contributed by atoms with van der Waals surface area (Å²) < 4.78 is 5.94. The highest BCUT2D eigenvalue weighted by atomic mass is 16.5. The Bertz CT molecular complexity index is 595. The van der Waals surface area contributed by atoms with Gasteiger partial charge in [-0.05, 0) is 23.6 Å². The van der Waals surface area contributed by atoms with Crippen molar-refractivity contribution in [1.82, 2.24) is 10.3 Å². The van der Waals surface area contributed by atoms with Gasteiger partial charge in [-0.2, -0.15) is 0 Å². The zero-order chi connectivity index (χ0) is 14.7.